The van der Waals surface area contributed by atoms with E-state index in [1.54, 1.807) is 4.88 Å². The van der Waals surface area contributed by atoms with Gasteiger partial charge < -0.3 is 0 Å². The van der Waals surface area contributed by atoms with Crippen molar-refractivity contribution >= 4 is 23.1 Å². The molecule has 1 aliphatic heterocycles. The molecular formula is C8H10S2. The average molecular weight is 170 g/mol. The average Bonchev–Trinajstić information content (AvgIpc) is 2.21. The highest BCUT2D eigenvalue weighted by Gasteiger charge is 2.20. The van der Waals surface area contributed by atoms with E-state index < -0.39 is 0 Å². The third-order valence-electron chi connectivity index (χ3n) is 1.69. The molecule has 2 rings (SSSR count). The highest BCUT2D eigenvalue weighted by atomic mass is 32.2. The van der Waals surface area contributed by atoms with E-state index in [-0.39, 0.29) is 0 Å². The van der Waals surface area contributed by atoms with Crippen molar-refractivity contribution in [3.05, 3.63) is 15.8 Å². The number of aryl methyl sites for hydroxylation is 1. The summed E-state index contributed by atoms with van der Waals surface area (Å²) in [6, 6.07) is 2.31. The third kappa shape index (κ3) is 0.995. The minimum absolute atomic E-state index is 0.821. The Balaban J connectivity index is 2.39. The second kappa shape index (κ2) is 2.28. The summed E-state index contributed by atoms with van der Waals surface area (Å²) >= 11 is 3.98. The monoisotopic (exact) mass is 170 g/mol. The molecule has 1 aromatic heterocycles. The molecule has 0 aromatic carbocycles. The molecule has 54 valence electrons. The maximum absolute atomic E-state index is 2.31. The van der Waals surface area contributed by atoms with E-state index >= 15 is 0 Å². The summed E-state index contributed by atoms with van der Waals surface area (Å²) in [5.74, 6) is 0. The van der Waals surface area contributed by atoms with Gasteiger partial charge in [-0.3, -0.25) is 0 Å². The van der Waals surface area contributed by atoms with Crippen LogP contribution in [-0.2, 0) is 6.42 Å². The molecule has 0 fully saturated rings. The third-order valence-corrected chi connectivity index (χ3v) is 4.08. The van der Waals surface area contributed by atoms with Gasteiger partial charge >= 0.3 is 0 Å². The van der Waals surface area contributed by atoms with E-state index in [9.17, 15) is 0 Å². The Kier molecular flexibility index (Phi) is 1.53. The van der Waals surface area contributed by atoms with Gasteiger partial charge in [0.25, 0.3) is 0 Å². The first-order valence-electron chi connectivity index (χ1n) is 3.51. The van der Waals surface area contributed by atoms with Crippen molar-refractivity contribution in [1.29, 1.82) is 0 Å². The lowest BCUT2D eigenvalue weighted by Gasteiger charge is -1.95. The minimum Gasteiger partial charge on any atom is -0.144 e. The zero-order valence-corrected chi connectivity index (χ0v) is 7.81. The van der Waals surface area contributed by atoms with Gasteiger partial charge in [-0.05, 0) is 19.4 Å². The van der Waals surface area contributed by atoms with Gasteiger partial charge in [0.2, 0.25) is 0 Å². The number of fused-ring (bicyclic) bond motifs is 1. The molecule has 0 saturated carbocycles. The first-order valence-corrected chi connectivity index (χ1v) is 5.21. The maximum atomic E-state index is 2.31. The zero-order chi connectivity index (χ0) is 7.14. The number of thioether (sulfide) groups is 1. The predicted molar refractivity (Wildman–Crippen MR) is 48.1 cm³/mol. The van der Waals surface area contributed by atoms with E-state index in [4.69, 9.17) is 0 Å². The van der Waals surface area contributed by atoms with Crippen LogP contribution in [0.4, 0.5) is 0 Å². The summed E-state index contributed by atoms with van der Waals surface area (Å²) in [6.07, 6.45) is 1.29. The Morgan fingerprint density at radius 1 is 1.60 bits per heavy atom. The van der Waals surface area contributed by atoms with Crippen molar-refractivity contribution < 1.29 is 0 Å². The van der Waals surface area contributed by atoms with Crippen LogP contribution in [-0.4, -0.2) is 5.25 Å². The molecule has 1 aliphatic rings. The molecule has 1 aromatic rings. The van der Waals surface area contributed by atoms with Gasteiger partial charge in [0.1, 0.15) is 0 Å². The van der Waals surface area contributed by atoms with Gasteiger partial charge in [0.05, 0.1) is 0 Å². The molecule has 1 atom stereocenters. The fourth-order valence-corrected chi connectivity index (χ4v) is 3.95. The summed E-state index contributed by atoms with van der Waals surface area (Å²) in [6.45, 7) is 4.49. The van der Waals surface area contributed by atoms with Gasteiger partial charge in [-0.2, -0.15) is 0 Å². The van der Waals surface area contributed by atoms with Gasteiger partial charge in [0, 0.05) is 19.9 Å². The van der Waals surface area contributed by atoms with Crippen LogP contribution in [0, 0.1) is 6.92 Å². The van der Waals surface area contributed by atoms with Gasteiger partial charge in [0.15, 0.2) is 0 Å². The standard InChI is InChI=1S/C8H10S2/c1-5-3-7-8(9-5)4-6(2)10-7/h3,6H,4H2,1-2H3. The summed E-state index contributed by atoms with van der Waals surface area (Å²) in [5.41, 5.74) is 0. The number of rotatable bonds is 0. The fourth-order valence-electron chi connectivity index (χ4n) is 1.30. The highest BCUT2D eigenvalue weighted by molar-refractivity contribution is 8.00. The lowest BCUT2D eigenvalue weighted by atomic mass is 10.3. The summed E-state index contributed by atoms with van der Waals surface area (Å²) < 4.78 is 0. The lowest BCUT2D eigenvalue weighted by Crippen LogP contribution is -1.89. The van der Waals surface area contributed by atoms with Crippen LogP contribution in [0.2, 0.25) is 0 Å². The van der Waals surface area contributed by atoms with Crippen LogP contribution in [0.5, 0.6) is 0 Å². The first-order chi connectivity index (χ1) is 4.75. The van der Waals surface area contributed by atoms with Crippen molar-refractivity contribution in [1.82, 2.24) is 0 Å². The van der Waals surface area contributed by atoms with Crippen LogP contribution in [0.25, 0.3) is 0 Å². The molecule has 2 heterocycles. The van der Waals surface area contributed by atoms with Gasteiger partial charge in [-0.25, -0.2) is 0 Å². The van der Waals surface area contributed by atoms with Crippen molar-refractivity contribution in [2.75, 3.05) is 0 Å². The Morgan fingerprint density at radius 3 is 3.10 bits per heavy atom. The maximum Gasteiger partial charge on any atom is 0.0217 e. The van der Waals surface area contributed by atoms with Crippen molar-refractivity contribution in [2.24, 2.45) is 0 Å². The Morgan fingerprint density at radius 2 is 2.40 bits per heavy atom. The second-order valence-corrected chi connectivity index (χ2v) is 5.60. The number of thiophene rings is 1. The Bertz CT molecular complexity index is 226. The van der Waals surface area contributed by atoms with Crippen molar-refractivity contribution in [3.8, 4) is 0 Å². The number of hydrogen-bond acceptors (Lipinski definition) is 2. The fraction of sp³-hybridized carbons (Fsp3) is 0.500. The van der Waals surface area contributed by atoms with Crippen LogP contribution in [0.3, 0.4) is 0 Å². The lowest BCUT2D eigenvalue weighted by molar-refractivity contribution is 0.981. The van der Waals surface area contributed by atoms with E-state index in [0.29, 0.717) is 0 Å². The molecule has 0 bridgehead atoms. The number of hydrogen-bond donors (Lipinski definition) is 0. The molecule has 0 N–H and O–H groups in total. The molecule has 0 saturated heterocycles. The van der Waals surface area contributed by atoms with E-state index in [2.05, 4.69) is 19.9 Å². The molecule has 2 heteroatoms. The molecule has 0 radical (unpaired) electrons. The largest absolute Gasteiger partial charge is 0.144 e. The predicted octanol–water partition coefficient (Wildman–Crippen LogP) is 3.09. The molecule has 0 aliphatic carbocycles. The van der Waals surface area contributed by atoms with Gasteiger partial charge in [-0.1, -0.05) is 6.92 Å². The van der Waals surface area contributed by atoms with Crippen molar-refractivity contribution in [3.63, 3.8) is 0 Å². The molecular weight excluding hydrogens is 160 g/mol. The van der Waals surface area contributed by atoms with Gasteiger partial charge in [-0.15, -0.1) is 23.1 Å². The summed E-state index contributed by atoms with van der Waals surface area (Å²) in [5, 5.41) is 0.821. The molecule has 1 unspecified atom stereocenters. The summed E-state index contributed by atoms with van der Waals surface area (Å²) in [7, 11) is 0. The topological polar surface area (TPSA) is 0 Å². The van der Waals surface area contributed by atoms with E-state index in [1.807, 2.05) is 23.1 Å². The molecule has 0 nitrogen and oxygen atoms in total. The van der Waals surface area contributed by atoms with Crippen molar-refractivity contribution in [2.45, 2.75) is 30.4 Å². The van der Waals surface area contributed by atoms with Crippen LogP contribution >= 0.6 is 23.1 Å². The second-order valence-electron chi connectivity index (χ2n) is 2.78. The quantitative estimate of drug-likeness (QED) is 0.576. The van der Waals surface area contributed by atoms with Crippen LogP contribution < -0.4 is 0 Å². The van der Waals surface area contributed by atoms with E-state index in [0.717, 1.165) is 5.25 Å². The molecule has 0 amide bonds. The van der Waals surface area contributed by atoms with Crippen LogP contribution in [0.1, 0.15) is 16.7 Å². The minimum atomic E-state index is 0.821. The van der Waals surface area contributed by atoms with Crippen LogP contribution in [0.15, 0.2) is 11.0 Å². The smallest absolute Gasteiger partial charge is 0.0217 e. The SMILES string of the molecule is Cc1cc2c(s1)CC(C)S2. The highest BCUT2D eigenvalue weighted by Crippen LogP contribution is 2.41. The Hall–Kier alpha value is 0.0500. The zero-order valence-electron chi connectivity index (χ0n) is 6.18. The summed E-state index contributed by atoms with van der Waals surface area (Å²) in [4.78, 5) is 4.61. The molecule has 10 heavy (non-hydrogen) atoms. The normalized spacial score (nSPS) is 23.2. The molecule has 0 spiro atoms. The first kappa shape index (κ1) is 6.74. The van der Waals surface area contributed by atoms with E-state index in [1.165, 1.54) is 16.2 Å². The Labute approximate surface area is 69.6 Å².